The zero-order chi connectivity index (χ0) is 34.3. The first-order chi connectivity index (χ1) is 25.1. The van der Waals surface area contributed by atoms with Gasteiger partial charge in [0.05, 0.1) is 51.7 Å². The second-order valence-electron chi connectivity index (χ2n) is 12.7. The zero-order valence-corrected chi connectivity index (χ0v) is 27.9. The third-order valence-corrected chi connectivity index (χ3v) is 9.45. The Kier molecular flexibility index (Phi) is 7.60. The summed E-state index contributed by atoms with van der Waals surface area (Å²) in [4.78, 5) is 21.2. The Hall–Kier alpha value is -6.56. The van der Waals surface area contributed by atoms with E-state index < -0.39 is 6.10 Å². The third-order valence-electron chi connectivity index (χ3n) is 9.45. The highest BCUT2D eigenvalue weighted by Gasteiger charge is 2.31. The summed E-state index contributed by atoms with van der Waals surface area (Å²) in [6.45, 7) is 1.78. The van der Waals surface area contributed by atoms with Gasteiger partial charge in [-0.15, -0.1) is 0 Å². The summed E-state index contributed by atoms with van der Waals surface area (Å²) in [7, 11) is 0. The Morgan fingerprint density at radius 1 is 0.412 bits per heavy atom. The molecule has 0 radical (unpaired) electrons. The number of benzene rings is 4. The number of hydrogen-bond donors (Lipinski definition) is 1. The van der Waals surface area contributed by atoms with Gasteiger partial charge in [-0.2, -0.15) is 0 Å². The molecule has 8 bridgehead atoms. The lowest BCUT2D eigenvalue weighted by molar-refractivity contribution is 0.237. The normalized spacial score (nSPS) is 18.4. The summed E-state index contributed by atoms with van der Waals surface area (Å²) in [5.74, 6) is 0. The van der Waals surface area contributed by atoms with Crippen molar-refractivity contribution in [1.82, 2.24) is 0 Å². The molecule has 5 nitrogen and oxygen atoms in total. The molecule has 1 atom stereocenters. The Bertz CT molecular complexity index is 2480. The van der Waals surface area contributed by atoms with E-state index >= 15 is 0 Å². The molecule has 51 heavy (non-hydrogen) atoms. The van der Waals surface area contributed by atoms with E-state index in [4.69, 9.17) is 20.0 Å². The Balaban J connectivity index is 1.40. The first-order valence-corrected chi connectivity index (χ1v) is 17.1. The fourth-order valence-electron chi connectivity index (χ4n) is 7.15. The summed E-state index contributed by atoms with van der Waals surface area (Å²) >= 11 is 0. The van der Waals surface area contributed by atoms with Gasteiger partial charge in [-0.25, -0.2) is 20.0 Å². The molecule has 4 aromatic rings. The number of allylic oxidation sites excluding steroid dienone is 11. The maximum atomic E-state index is 11.4. The second-order valence-corrected chi connectivity index (χ2v) is 12.7. The number of aliphatic hydroxyl groups is 1. The van der Waals surface area contributed by atoms with E-state index in [9.17, 15) is 5.11 Å². The molecule has 5 aliphatic heterocycles. The molecule has 0 fully saturated rings. The SMILES string of the molecule is CC(O)C1=C2C=C(c3ccccc3)C(=N2)C(c2ccccc2)=C2C=CC(=N2)C(c2ccccc2)=C2C=CC(=N2)C(c2ccccc2)=C2C=CC1=N2. The van der Waals surface area contributed by atoms with Crippen molar-refractivity contribution in [3.8, 4) is 0 Å². The van der Waals surface area contributed by atoms with Crippen LogP contribution in [0.3, 0.4) is 0 Å². The van der Waals surface area contributed by atoms with Crippen LogP contribution >= 0.6 is 0 Å². The quantitative estimate of drug-likeness (QED) is 0.229. The molecule has 0 amide bonds. The number of hydrogen-bond acceptors (Lipinski definition) is 5. The molecule has 0 spiro atoms. The van der Waals surface area contributed by atoms with Crippen molar-refractivity contribution in [2.45, 2.75) is 13.0 Å². The minimum atomic E-state index is -0.839. The molecule has 9 rings (SSSR count). The first kappa shape index (κ1) is 30.5. The molecule has 0 saturated heterocycles. The standard InChI is InChI=1S/C46H32N4O/c1-29(51)42-35-22-23-36(47-35)43(31-16-8-3-9-17-31)37-24-25-38(48-37)44(32-18-10-4-11-19-32)39-26-27-40(49-39)45(33-20-12-5-13-21-33)46-34(28-41(42)50-46)30-14-6-2-7-15-30/h2-29,51H,1H3. The van der Waals surface area contributed by atoms with Gasteiger partial charge in [0.1, 0.15) is 0 Å². The second kappa shape index (κ2) is 12.7. The number of aliphatic imine (C=N–C) groups is 4. The van der Waals surface area contributed by atoms with Crippen LogP contribution < -0.4 is 0 Å². The molecular formula is C46H32N4O. The maximum Gasteiger partial charge on any atom is 0.0816 e. The van der Waals surface area contributed by atoms with Gasteiger partial charge in [0.2, 0.25) is 0 Å². The van der Waals surface area contributed by atoms with E-state index in [-0.39, 0.29) is 0 Å². The lowest BCUT2D eigenvalue weighted by atomic mass is 9.91. The molecule has 5 aliphatic rings. The molecule has 5 heterocycles. The van der Waals surface area contributed by atoms with E-state index in [0.717, 1.165) is 78.8 Å². The fraction of sp³-hybridized carbons (Fsp3) is 0.0435. The van der Waals surface area contributed by atoms with E-state index in [1.807, 2.05) is 84.9 Å². The number of rotatable bonds is 5. The highest BCUT2D eigenvalue weighted by Crippen LogP contribution is 2.40. The van der Waals surface area contributed by atoms with Gasteiger partial charge in [-0.05, 0) is 71.7 Å². The Morgan fingerprint density at radius 3 is 1.27 bits per heavy atom. The highest BCUT2D eigenvalue weighted by atomic mass is 16.3. The van der Waals surface area contributed by atoms with E-state index in [0.29, 0.717) is 17.0 Å². The van der Waals surface area contributed by atoms with Crippen LogP contribution in [-0.2, 0) is 0 Å². The monoisotopic (exact) mass is 656 g/mol. The van der Waals surface area contributed by atoms with Crippen molar-refractivity contribution >= 4 is 45.1 Å². The summed E-state index contributed by atoms with van der Waals surface area (Å²) in [5, 5.41) is 11.4. The molecule has 5 heteroatoms. The summed E-state index contributed by atoms with van der Waals surface area (Å²) < 4.78 is 0. The van der Waals surface area contributed by atoms with Crippen molar-refractivity contribution in [3.63, 3.8) is 0 Å². The van der Waals surface area contributed by atoms with E-state index in [2.05, 4.69) is 78.9 Å². The van der Waals surface area contributed by atoms with Crippen LogP contribution in [0.4, 0.5) is 0 Å². The minimum absolute atomic E-state index is 0.656. The Morgan fingerprint density at radius 2 is 0.804 bits per heavy atom. The van der Waals surface area contributed by atoms with Crippen LogP contribution in [0.5, 0.6) is 0 Å². The number of nitrogens with zero attached hydrogens (tertiary/aromatic N) is 4. The van der Waals surface area contributed by atoms with Crippen LogP contribution in [0.1, 0.15) is 29.2 Å². The first-order valence-electron chi connectivity index (χ1n) is 17.1. The lowest BCUT2D eigenvalue weighted by Gasteiger charge is -2.14. The van der Waals surface area contributed by atoms with Crippen LogP contribution in [0.2, 0.25) is 0 Å². The van der Waals surface area contributed by atoms with Crippen molar-refractivity contribution in [3.05, 3.63) is 214 Å². The van der Waals surface area contributed by atoms with Crippen LogP contribution in [0, 0.1) is 0 Å². The third kappa shape index (κ3) is 5.50. The van der Waals surface area contributed by atoms with Crippen LogP contribution in [-0.4, -0.2) is 34.1 Å². The number of aliphatic hydroxyl groups excluding tert-OH is 1. The molecule has 1 unspecified atom stereocenters. The smallest absolute Gasteiger partial charge is 0.0816 e. The van der Waals surface area contributed by atoms with Gasteiger partial charge < -0.3 is 5.11 Å². The molecule has 4 aromatic carbocycles. The van der Waals surface area contributed by atoms with Gasteiger partial charge in [0, 0.05) is 27.9 Å². The lowest BCUT2D eigenvalue weighted by Crippen LogP contribution is -2.14. The maximum absolute atomic E-state index is 11.4. The van der Waals surface area contributed by atoms with E-state index in [1.165, 1.54) is 0 Å². The molecule has 0 aliphatic carbocycles. The van der Waals surface area contributed by atoms with Gasteiger partial charge in [-0.1, -0.05) is 121 Å². The minimum Gasteiger partial charge on any atom is -0.389 e. The zero-order valence-electron chi connectivity index (χ0n) is 27.9. The van der Waals surface area contributed by atoms with Crippen LogP contribution in [0.15, 0.2) is 212 Å². The molecular weight excluding hydrogens is 625 g/mol. The van der Waals surface area contributed by atoms with Gasteiger partial charge in [-0.3, -0.25) is 0 Å². The fourth-order valence-corrected chi connectivity index (χ4v) is 7.15. The predicted octanol–water partition coefficient (Wildman–Crippen LogP) is 9.44. The molecule has 0 saturated carbocycles. The van der Waals surface area contributed by atoms with Crippen LogP contribution in [0.25, 0.3) is 22.3 Å². The number of fused-ring (bicyclic) bond motifs is 4. The average molecular weight is 657 g/mol. The summed E-state index contributed by atoms with van der Waals surface area (Å²) in [6, 6.07) is 41.2. The predicted molar refractivity (Wildman–Crippen MR) is 210 cm³/mol. The average Bonchev–Trinajstić information content (AvgIpc) is 4.00. The van der Waals surface area contributed by atoms with E-state index in [1.54, 1.807) is 6.92 Å². The van der Waals surface area contributed by atoms with Gasteiger partial charge >= 0.3 is 0 Å². The summed E-state index contributed by atoms with van der Waals surface area (Å²) in [6.07, 6.45) is 13.5. The van der Waals surface area contributed by atoms with Gasteiger partial charge in [0.25, 0.3) is 0 Å². The highest BCUT2D eigenvalue weighted by molar-refractivity contribution is 6.48. The van der Waals surface area contributed by atoms with Crippen molar-refractivity contribution < 1.29 is 5.11 Å². The topological polar surface area (TPSA) is 69.7 Å². The molecule has 242 valence electrons. The van der Waals surface area contributed by atoms with Crippen molar-refractivity contribution in [1.29, 1.82) is 0 Å². The largest absolute Gasteiger partial charge is 0.389 e. The van der Waals surface area contributed by atoms with Gasteiger partial charge in [0.15, 0.2) is 0 Å². The van der Waals surface area contributed by atoms with Crippen molar-refractivity contribution in [2.24, 2.45) is 20.0 Å². The van der Waals surface area contributed by atoms with Crippen molar-refractivity contribution in [2.75, 3.05) is 0 Å². The molecule has 1 N–H and O–H groups in total. The summed E-state index contributed by atoms with van der Waals surface area (Å²) in [5.41, 5.74) is 14.6. The Labute approximate surface area is 296 Å². The molecule has 0 aromatic heterocycles.